The van der Waals surface area contributed by atoms with Crippen LogP contribution in [0.25, 0.3) is 22.1 Å². The Kier molecular flexibility index (Phi) is 8.28. The quantitative estimate of drug-likeness (QED) is 0.164. The summed E-state index contributed by atoms with van der Waals surface area (Å²) in [5, 5.41) is 4.61. The van der Waals surface area contributed by atoms with E-state index in [9.17, 15) is 4.79 Å². The van der Waals surface area contributed by atoms with E-state index in [-0.39, 0.29) is 12.1 Å². The number of allylic oxidation sites excluding steroid dienone is 2. The van der Waals surface area contributed by atoms with Gasteiger partial charge in [-0.2, -0.15) is 5.10 Å². The van der Waals surface area contributed by atoms with Crippen molar-refractivity contribution in [1.29, 1.82) is 0 Å². The Bertz CT molecular complexity index is 2000. The normalized spacial score (nSPS) is 16.4. The number of nitrogens with zero attached hydrogens (tertiary/aromatic N) is 6. The summed E-state index contributed by atoms with van der Waals surface area (Å²) in [6.07, 6.45) is 10.4. The van der Waals surface area contributed by atoms with Gasteiger partial charge in [-0.25, -0.2) is 19.3 Å². The molecule has 0 bridgehead atoms. The van der Waals surface area contributed by atoms with E-state index in [0.29, 0.717) is 37.7 Å². The minimum Gasteiger partial charge on any atom is -0.473 e. The van der Waals surface area contributed by atoms with Gasteiger partial charge in [-0.3, -0.25) is 0 Å². The lowest BCUT2D eigenvalue weighted by Crippen LogP contribution is -2.32. The number of hydrogen-bond acceptors (Lipinski definition) is 8. The second-order valence-electron chi connectivity index (χ2n) is 13.1. The van der Waals surface area contributed by atoms with Gasteiger partial charge in [-0.15, -0.1) is 0 Å². The highest BCUT2D eigenvalue weighted by Gasteiger charge is 2.24. The zero-order valence-corrected chi connectivity index (χ0v) is 27.3. The molecule has 1 fully saturated rings. The topological polar surface area (TPSA) is 96.0 Å². The summed E-state index contributed by atoms with van der Waals surface area (Å²) in [7, 11) is 0. The summed E-state index contributed by atoms with van der Waals surface area (Å²) >= 11 is 0. The smallest absolute Gasteiger partial charge is 0.338 e. The van der Waals surface area contributed by atoms with E-state index >= 15 is 0 Å². The number of hydrogen-bond donors (Lipinski definition) is 0. The van der Waals surface area contributed by atoms with Crippen molar-refractivity contribution >= 4 is 28.1 Å². The van der Waals surface area contributed by atoms with E-state index in [1.54, 1.807) is 6.07 Å². The molecule has 2 aliphatic rings. The maximum Gasteiger partial charge on any atom is 0.338 e. The molecule has 47 heavy (non-hydrogen) atoms. The molecule has 7 rings (SSSR count). The third kappa shape index (κ3) is 6.92. The van der Waals surface area contributed by atoms with Gasteiger partial charge in [0.15, 0.2) is 0 Å². The molecule has 1 atom stereocenters. The first kappa shape index (κ1) is 30.7. The molecule has 242 valence electrons. The number of pyridine rings is 2. The number of benzene rings is 1. The molecule has 4 aromatic heterocycles. The Morgan fingerprint density at radius 3 is 2.70 bits per heavy atom. The first-order valence-corrected chi connectivity index (χ1v) is 16.2. The van der Waals surface area contributed by atoms with Crippen molar-refractivity contribution in [3.8, 4) is 5.88 Å². The predicted molar refractivity (Wildman–Crippen MR) is 180 cm³/mol. The van der Waals surface area contributed by atoms with E-state index in [1.165, 1.54) is 0 Å². The second-order valence-corrected chi connectivity index (χ2v) is 13.1. The van der Waals surface area contributed by atoms with Gasteiger partial charge >= 0.3 is 5.97 Å². The van der Waals surface area contributed by atoms with Crippen molar-refractivity contribution in [1.82, 2.24) is 29.0 Å². The fourth-order valence-corrected chi connectivity index (χ4v) is 5.77. The second kappa shape index (κ2) is 12.7. The zero-order chi connectivity index (χ0) is 32.5. The van der Waals surface area contributed by atoms with Gasteiger partial charge in [0, 0.05) is 37.2 Å². The molecular formula is C37H40N6O4. The van der Waals surface area contributed by atoms with Crippen LogP contribution in [0.15, 0.2) is 79.1 Å². The van der Waals surface area contributed by atoms with E-state index in [4.69, 9.17) is 24.2 Å². The Morgan fingerprint density at radius 1 is 1.09 bits per heavy atom. The van der Waals surface area contributed by atoms with E-state index < -0.39 is 5.60 Å². The van der Waals surface area contributed by atoms with Crippen LogP contribution in [0, 0.1) is 0 Å². The number of rotatable bonds is 10. The van der Waals surface area contributed by atoms with Crippen molar-refractivity contribution in [2.45, 2.75) is 71.9 Å². The molecule has 0 amide bonds. The minimum absolute atomic E-state index is 0.141. The Labute approximate surface area is 274 Å². The summed E-state index contributed by atoms with van der Waals surface area (Å²) in [5.41, 5.74) is 6.78. The lowest BCUT2D eigenvalue weighted by atomic mass is 10.1. The zero-order valence-electron chi connectivity index (χ0n) is 27.3. The first-order valence-electron chi connectivity index (χ1n) is 16.2. The molecule has 6 heterocycles. The summed E-state index contributed by atoms with van der Waals surface area (Å²) in [6.45, 7) is 10.9. The van der Waals surface area contributed by atoms with E-state index in [1.807, 2.05) is 61.8 Å². The summed E-state index contributed by atoms with van der Waals surface area (Å²) in [6, 6.07) is 17.7. The van der Waals surface area contributed by atoms with Gasteiger partial charge in [0.1, 0.15) is 18.0 Å². The number of aromatic nitrogens is 5. The van der Waals surface area contributed by atoms with Crippen LogP contribution < -0.4 is 4.74 Å². The number of esters is 1. The van der Waals surface area contributed by atoms with E-state index in [0.717, 1.165) is 64.3 Å². The molecule has 2 aliphatic heterocycles. The monoisotopic (exact) mass is 632 g/mol. The first-order chi connectivity index (χ1) is 22.7. The fourth-order valence-electron chi connectivity index (χ4n) is 5.77. The van der Waals surface area contributed by atoms with Crippen LogP contribution in [0.2, 0.25) is 0 Å². The van der Waals surface area contributed by atoms with Gasteiger partial charge in [-0.05, 0) is 81.7 Å². The van der Waals surface area contributed by atoms with Crippen LogP contribution in [0.4, 0.5) is 0 Å². The molecule has 0 saturated carbocycles. The van der Waals surface area contributed by atoms with Gasteiger partial charge < -0.3 is 23.7 Å². The molecule has 0 N–H and O–H groups in total. The molecule has 1 saturated heterocycles. The van der Waals surface area contributed by atoms with Crippen LogP contribution in [-0.4, -0.2) is 59.9 Å². The molecule has 10 nitrogen and oxygen atoms in total. The van der Waals surface area contributed by atoms with Gasteiger partial charge in [0.2, 0.25) is 5.88 Å². The maximum atomic E-state index is 12.8. The molecule has 1 aromatic carbocycles. The van der Waals surface area contributed by atoms with Crippen LogP contribution in [0.1, 0.15) is 67.2 Å². The largest absolute Gasteiger partial charge is 0.473 e. The Balaban J connectivity index is 1.03. The number of carbonyl (C=O) groups excluding carboxylic acids is 1. The highest BCUT2D eigenvalue weighted by Crippen LogP contribution is 2.26. The summed E-state index contributed by atoms with van der Waals surface area (Å²) in [4.78, 5) is 24.8. The third-order valence-electron chi connectivity index (χ3n) is 8.34. The highest BCUT2D eigenvalue weighted by molar-refractivity contribution is 5.94. The predicted octanol–water partition coefficient (Wildman–Crippen LogP) is 6.38. The number of fused-ring (bicyclic) bond motifs is 2. The summed E-state index contributed by atoms with van der Waals surface area (Å²) < 4.78 is 21.6. The molecule has 0 spiro atoms. The van der Waals surface area contributed by atoms with Crippen molar-refractivity contribution in [3.63, 3.8) is 0 Å². The van der Waals surface area contributed by atoms with Crippen LogP contribution in [-0.2, 0) is 35.6 Å². The molecule has 0 aliphatic carbocycles. The van der Waals surface area contributed by atoms with Gasteiger partial charge in [0.25, 0.3) is 0 Å². The standard InChI is InChI=1S/C37H40N6O4/c1-5-28-20-29-11-9-25(21-43(29)40-28)24-46-35-8-6-7-31(39-35)26-13-16-41(17-14-26)23-34-38-32-12-10-27(36(44)47-37(2,3)4)19-33(32)42(34)22-30-15-18-45-30/h6-14,16,19-21,30H,5,15,17-18,22-24H2,1-4H3/t30-/m0/s1. The van der Waals surface area contributed by atoms with Crippen LogP contribution in [0.5, 0.6) is 5.88 Å². The lowest BCUT2D eigenvalue weighted by molar-refractivity contribution is -0.0591. The number of ether oxygens (including phenoxy) is 3. The Morgan fingerprint density at radius 2 is 1.96 bits per heavy atom. The van der Waals surface area contributed by atoms with Crippen molar-refractivity contribution in [3.05, 3.63) is 107 Å². The fraction of sp³-hybridized carbons (Fsp3) is 0.351. The molecule has 10 heteroatoms. The number of carbonyl (C=O) groups is 1. The van der Waals surface area contributed by atoms with Crippen molar-refractivity contribution < 1.29 is 19.0 Å². The number of imidazole rings is 1. The van der Waals surface area contributed by atoms with Gasteiger partial charge in [-0.1, -0.05) is 25.1 Å². The van der Waals surface area contributed by atoms with E-state index in [2.05, 4.69) is 58.0 Å². The molecular weight excluding hydrogens is 592 g/mol. The Hall–Kier alpha value is -4.96. The molecule has 0 radical (unpaired) electrons. The third-order valence-corrected chi connectivity index (χ3v) is 8.34. The molecule has 5 aromatic rings. The van der Waals surface area contributed by atoms with Crippen LogP contribution >= 0.6 is 0 Å². The lowest BCUT2D eigenvalue weighted by Gasteiger charge is -2.28. The highest BCUT2D eigenvalue weighted by atomic mass is 16.6. The number of aryl methyl sites for hydroxylation is 1. The minimum atomic E-state index is -0.566. The van der Waals surface area contributed by atoms with Crippen LogP contribution in [0.3, 0.4) is 0 Å². The van der Waals surface area contributed by atoms with Crippen molar-refractivity contribution in [2.75, 3.05) is 13.2 Å². The van der Waals surface area contributed by atoms with Gasteiger partial charge in [0.05, 0.1) is 52.7 Å². The average molecular weight is 633 g/mol. The summed E-state index contributed by atoms with van der Waals surface area (Å²) in [5.74, 6) is 1.16. The average Bonchev–Trinajstić information content (AvgIpc) is 3.61. The molecule has 0 unspecified atom stereocenters. The maximum absolute atomic E-state index is 12.8. The SMILES string of the molecule is CCc1cc2ccc(COc3cccc(C4=CCN(Cc5nc6ccc(C(=O)OC(C)(C)C)cc6n5C[C@@H]5CCO5)C=C4)n3)cn2n1. The van der Waals surface area contributed by atoms with Crippen molar-refractivity contribution in [2.24, 2.45) is 0 Å².